The number of rotatable bonds is 8. The lowest BCUT2D eigenvalue weighted by molar-refractivity contribution is 0.142. The van der Waals surface area contributed by atoms with E-state index < -0.39 is 0 Å². The van der Waals surface area contributed by atoms with Crippen molar-refractivity contribution in [3.63, 3.8) is 0 Å². The molecule has 1 aromatic heterocycles. The molecule has 0 aliphatic carbocycles. The molecule has 1 aliphatic rings. The Bertz CT molecular complexity index is 380. The fourth-order valence-corrected chi connectivity index (χ4v) is 2.81. The van der Waals surface area contributed by atoms with Crippen LogP contribution in [-0.2, 0) is 11.3 Å². The fourth-order valence-electron chi connectivity index (χ4n) is 2.81. The van der Waals surface area contributed by atoms with Gasteiger partial charge in [0.05, 0.1) is 0 Å². The third kappa shape index (κ3) is 4.80. The Morgan fingerprint density at radius 1 is 1.50 bits per heavy atom. The zero-order valence-corrected chi connectivity index (χ0v) is 12.8. The van der Waals surface area contributed by atoms with Crippen molar-refractivity contribution < 1.29 is 4.74 Å². The maximum absolute atomic E-state index is 5.38. The second-order valence-corrected chi connectivity index (χ2v) is 5.65. The Hall–Kier alpha value is -1.07. The summed E-state index contributed by atoms with van der Waals surface area (Å²) in [6.45, 7) is 8.07. The topological polar surface area (TPSA) is 42.3 Å². The second-order valence-electron chi connectivity index (χ2n) is 5.65. The monoisotopic (exact) mass is 280 g/mol. The van der Waals surface area contributed by atoms with E-state index in [-0.39, 0.29) is 0 Å². The number of likely N-dealkylation sites (tertiary alicyclic amines) is 1. The zero-order chi connectivity index (χ0) is 14.2. The van der Waals surface area contributed by atoms with Crippen LogP contribution < -0.4 is 5.32 Å². The lowest BCUT2D eigenvalue weighted by atomic mass is 9.99. The molecule has 0 aromatic carbocycles. The number of piperidine rings is 1. The Labute approximate surface area is 122 Å². The SMILES string of the molecule is CCOCCCn1ccnc1NCC1CCCN(C)C1. The first-order valence-corrected chi connectivity index (χ1v) is 7.81. The summed E-state index contributed by atoms with van der Waals surface area (Å²) in [5.74, 6) is 1.73. The summed E-state index contributed by atoms with van der Waals surface area (Å²) in [6.07, 6.45) is 7.58. The number of nitrogens with one attached hydrogen (secondary N) is 1. The van der Waals surface area contributed by atoms with Crippen molar-refractivity contribution in [2.45, 2.75) is 32.7 Å². The van der Waals surface area contributed by atoms with Crippen molar-refractivity contribution in [2.75, 3.05) is 45.2 Å². The predicted molar refractivity (Wildman–Crippen MR) is 82.0 cm³/mol. The smallest absolute Gasteiger partial charge is 0.202 e. The number of hydrogen-bond acceptors (Lipinski definition) is 4. The fraction of sp³-hybridized carbons (Fsp3) is 0.800. The number of aryl methyl sites for hydroxylation is 1. The van der Waals surface area contributed by atoms with Crippen molar-refractivity contribution in [1.29, 1.82) is 0 Å². The molecule has 1 unspecified atom stereocenters. The molecule has 1 aromatic rings. The molecule has 5 nitrogen and oxygen atoms in total. The first-order valence-electron chi connectivity index (χ1n) is 7.81. The van der Waals surface area contributed by atoms with E-state index in [1.54, 1.807) is 0 Å². The van der Waals surface area contributed by atoms with E-state index in [4.69, 9.17) is 4.74 Å². The van der Waals surface area contributed by atoms with Crippen LogP contribution in [0, 0.1) is 5.92 Å². The highest BCUT2D eigenvalue weighted by Crippen LogP contribution is 2.16. The summed E-state index contributed by atoms with van der Waals surface area (Å²) in [7, 11) is 2.21. The van der Waals surface area contributed by atoms with E-state index in [0.29, 0.717) is 0 Å². The number of aromatic nitrogens is 2. The van der Waals surface area contributed by atoms with E-state index in [0.717, 1.165) is 44.6 Å². The number of anilines is 1. The molecule has 1 N–H and O–H groups in total. The van der Waals surface area contributed by atoms with Gasteiger partial charge in [-0.05, 0) is 45.7 Å². The third-order valence-corrected chi connectivity index (χ3v) is 3.88. The van der Waals surface area contributed by atoms with E-state index in [1.165, 1.54) is 25.9 Å². The molecule has 1 aliphatic heterocycles. The van der Waals surface area contributed by atoms with Gasteiger partial charge in [-0.2, -0.15) is 0 Å². The maximum atomic E-state index is 5.38. The minimum Gasteiger partial charge on any atom is -0.382 e. The summed E-state index contributed by atoms with van der Waals surface area (Å²) >= 11 is 0. The van der Waals surface area contributed by atoms with Crippen LogP contribution in [-0.4, -0.2) is 54.3 Å². The summed E-state index contributed by atoms with van der Waals surface area (Å²) in [5.41, 5.74) is 0. The highest BCUT2D eigenvalue weighted by molar-refractivity contribution is 5.25. The van der Waals surface area contributed by atoms with Crippen molar-refractivity contribution in [3.05, 3.63) is 12.4 Å². The Morgan fingerprint density at radius 3 is 3.20 bits per heavy atom. The number of imidazole rings is 1. The van der Waals surface area contributed by atoms with Crippen LogP contribution in [0.3, 0.4) is 0 Å². The molecule has 1 atom stereocenters. The van der Waals surface area contributed by atoms with Gasteiger partial charge in [-0.15, -0.1) is 0 Å². The molecular weight excluding hydrogens is 252 g/mol. The molecule has 1 saturated heterocycles. The van der Waals surface area contributed by atoms with Crippen LogP contribution in [0.1, 0.15) is 26.2 Å². The van der Waals surface area contributed by atoms with E-state index >= 15 is 0 Å². The molecular formula is C15H28N4O. The van der Waals surface area contributed by atoms with Crippen LogP contribution >= 0.6 is 0 Å². The van der Waals surface area contributed by atoms with Gasteiger partial charge in [-0.3, -0.25) is 0 Å². The van der Waals surface area contributed by atoms with Gasteiger partial charge in [-0.25, -0.2) is 4.98 Å². The molecule has 0 saturated carbocycles. The minimum atomic E-state index is 0.738. The standard InChI is InChI=1S/C15H28N4O/c1-3-20-11-5-9-19-10-7-16-15(19)17-12-14-6-4-8-18(2)13-14/h7,10,14H,3-6,8-9,11-13H2,1-2H3,(H,16,17). The van der Waals surface area contributed by atoms with E-state index in [1.807, 2.05) is 19.3 Å². The van der Waals surface area contributed by atoms with Gasteiger partial charge < -0.3 is 19.5 Å². The number of hydrogen-bond donors (Lipinski definition) is 1. The zero-order valence-electron chi connectivity index (χ0n) is 12.8. The number of ether oxygens (including phenoxy) is 1. The van der Waals surface area contributed by atoms with Crippen LogP contribution in [0.5, 0.6) is 0 Å². The molecule has 5 heteroatoms. The largest absolute Gasteiger partial charge is 0.382 e. The van der Waals surface area contributed by atoms with Crippen LogP contribution in [0.15, 0.2) is 12.4 Å². The lowest BCUT2D eigenvalue weighted by Gasteiger charge is -2.29. The van der Waals surface area contributed by atoms with Gasteiger partial charge in [0, 0.05) is 45.2 Å². The normalized spacial score (nSPS) is 20.2. The molecule has 0 spiro atoms. The quantitative estimate of drug-likeness (QED) is 0.740. The molecule has 20 heavy (non-hydrogen) atoms. The van der Waals surface area contributed by atoms with Crippen LogP contribution in [0.4, 0.5) is 5.95 Å². The highest BCUT2D eigenvalue weighted by atomic mass is 16.5. The van der Waals surface area contributed by atoms with Gasteiger partial charge in [0.2, 0.25) is 5.95 Å². The van der Waals surface area contributed by atoms with E-state index in [2.05, 4.69) is 26.8 Å². The minimum absolute atomic E-state index is 0.738. The first-order chi connectivity index (χ1) is 9.79. The highest BCUT2D eigenvalue weighted by Gasteiger charge is 2.17. The van der Waals surface area contributed by atoms with Crippen molar-refractivity contribution in [2.24, 2.45) is 5.92 Å². The van der Waals surface area contributed by atoms with Gasteiger partial charge in [0.15, 0.2) is 0 Å². The molecule has 114 valence electrons. The third-order valence-electron chi connectivity index (χ3n) is 3.88. The maximum Gasteiger partial charge on any atom is 0.202 e. The van der Waals surface area contributed by atoms with Crippen molar-refractivity contribution in [3.8, 4) is 0 Å². The summed E-state index contributed by atoms with van der Waals surface area (Å²) < 4.78 is 7.57. The van der Waals surface area contributed by atoms with Crippen molar-refractivity contribution >= 4 is 5.95 Å². The molecule has 2 heterocycles. The predicted octanol–water partition coefficient (Wildman–Crippen LogP) is 2.06. The molecule has 0 radical (unpaired) electrons. The number of nitrogens with zero attached hydrogens (tertiary/aromatic N) is 3. The van der Waals surface area contributed by atoms with Gasteiger partial charge in [0.25, 0.3) is 0 Å². The Morgan fingerprint density at radius 2 is 2.40 bits per heavy atom. The van der Waals surface area contributed by atoms with Crippen LogP contribution in [0.2, 0.25) is 0 Å². The van der Waals surface area contributed by atoms with E-state index in [9.17, 15) is 0 Å². The molecule has 0 amide bonds. The Kier molecular flexibility index (Phi) is 6.33. The lowest BCUT2D eigenvalue weighted by Crippen LogP contribution is -2.35. The molecule has 0 bridgehead atoms. The summed E-state index contributed by atoms with van der Waals surface area (Å²) in [4.78, 5) is 6.84. The summed E-state index contributed by atoms with van der Waals surface area (Å²) in [6, 6.07) is 0. The molecule has 2 rings (SSSR count). The molecule has 1 fully saturated rings. The summed E-state index contributed by atoms with van der Waals surface area (Å²) in [5, 5.41) is 3.51. The average molecular weight is 280 g/mol. The first kappa shape index (κ1) is 15.3. The van der Waals surface area contributed by atoms with Gasteiger partial charge >= 0.3 is 0 Å². The van der Waals surface area contributed by atoms with Crippen molar-refractivity contribution in [1.82, 2.24) is 14.5 Å². The Balaban J connectivity index is 1.73. The van der Waals surface area contributed by atoms with Gasteiger partial charge in [-0.1, -0.05) is 0 Å². The average Bonchev–Trinajstić information content (AvgIpc) is 2.89. The van der Waals surface area contributed by atoms with Crippen LogP contribution in [0.25, 0.3) is 0 Å². The second kappa shape index (κ2) is 8.27. The van der Waals surface area contributed by atoms with Gasteiger partial charge in [0.1, 0.15) is 0 Å².